The Kier molecular flexibility index (Phi) is 5.25. The number of esters is 2. The van der Waals surface area contributed by atoms with E-state index in [0.717, 1.165) is 11.1 Å². The molecule has 1 saturated carbocycles. The van der Waals surface area contributed by atoms with Crippen LogP contribution in [0.1, 0.15) is 22.3 Å². The fourth-order valence-corrected chi connectivity index (χ4v) is 7.42. The van der Waals surface area contributed by atoms with Gasteiger partial charge in [-0.2, -0.15) is 0 Å². The number of rotatable bonds is 4. The Morgan fingerprint density at radius 1 is 0.513 bits per heavy atom. The van der Waals surface area contributed by atoms with Gasteiger partial charge in [-0.25, -0.2) is 0 Å². The van der Waals surface area contributed by atoms with Crippen molar-refractivity contribution in [2.24, 2.45) is 11.8 Å². The average molecular weight is 551 g/mol. The molecule has 0 spiro atoms. The van der Waals surface area contributed by atoms with Gasteiger partial charge in [0.2, 0.25) is 0 Å². The van der Waals surface area contributed by atoms with Gasteiger partial charge in [-0.3, -0.25) is 14.4 Å². The number of benzene rings is 4. The summed E-state index contributed by atoms with van der Waals surface area (Å²) in [6, 6.07) is 33.1. The van der Waals surface area contributed by atoms with Gasteiger partial charge in [-0.05, 0) is 57.7 Å². The SMILES string of the molecule is O=C1OC(=O)[C@H]2[C@H]1[C@@]1(c3ccc(Cl)cc3)C(=O)[C@@]2(c2ccc(Cl)cc2)C(c2ccccc2)=C1c1ccccc1. The first-order valence-corrected chi connectivity index (χ1v) is 13.4. The maximum absolute atomic E-state index is 15.4. The predicted octanol–water partition coefficient (Wildman–Crippen LogP) is 6.69. The molecule has 190 valence electrons. The van der Waals surface area contributed by atoms with Crippen molar-refractivity contribution in [2.45, 2.75) is 10.8 Å². The van der Waals surface area contributed by atoms with Gasteiger partial charge < -0.3 is 4.74 Å². The van der Waals surface area contributed by atoms with Crippen LogP contribution in [0.3, 0.4) is 0 Å². The van der Waals surface area contributed by atoms with Gasteiger partial charge in [0, 0.05) is 10.0 Å². The molecule has 0 amide bonds. The molecule has 1 aliphatic heterocycles. The van der Waals surface area contributed by atoms with Crippen molar-refractivity contribution in [3.63, 3.8) is 0 Å². The number of hydrogen-bond acceptors (Lipinski definition) is 4. The van der Waals surface area contributed by atoms with Crippen molar-refractivity contribution < 1.29 is 19.1 Å². The first-order chi connectivity index (χ1) is 18.9. The molecule has 0 radical (unpaired) electrons. The second-order valence-electron chi connectivity index (χ2n) is 10.1. The number of cyclic esters (lactones) is 2. The fourth-order valence-electron chi connectivity index (χ4n) is 7.17. The molecule has 0 N–H and O–H groups in total. The van der Waals surface area contributed by atoms with Crippen molar-refractivity contribution in [2.75, 3.05) is 0 Å². The van der Waals surface area contributed by atoms with E-state index in [0.29, 0.717) is 32.3 Å². The Balaban J connectivity index is 1.72. The third-order valence-electron chi connectivity index (χ3n) is 8.45. The monoisotopic (exact) mass is 550 g/mol. The van der Waals surface area contributed by atoms with Crippen LogP contribution in [0.2, 0.25) is 10.0 Å². The molecule has 1 saturated heterocycles. The average Bonchev–Trinajstić information content (AvgIpc) is 3.49. The van der Waals surface area contributed by atoms with Crippen LogP contribution >= 0.6 is 23.2 Å². The molecule has 39 heavy (non-hydrogen) atoms. The van der Waals surface area contributed by atoms with Crippen LogP contribution in [0, 0.1) is 11.8 Å². The number of hydrogen-bond donors (Lipinski definition) is 0. The number of carbonyl (C=O) groups is 3. The lowest BCUT2D eigenvalue weighted by Gasteiger charge is -2.38. The van der Waals surface area contributed by atoms with Crippen molar-refractivity contribution >= 4 is 52.1 Å². The Morgan fingerprint density at radius 3 is 1.23 bits per heavy atom. The topological polar surface area (TPSA) is 60.4 Å². The van der Waals surface area contributed by atoms with Crippen molar-refractivity contribution in [1.82, 2.24) is 0 Å². The minimum Gasteiger partial charge on any atom is -0.393 e. The van der Waals surface area contributed by atoms with Gasteiger partial charge in [-0.1, -0.05) is 108 Å². The van der Waals surface area contributed by atoms with E-state index in [1.807, 2.05) is 60.7 Å². The number of allylic oxidation sites excluding steroid dienone is 2. The fraction of sp³-hybridized carbons (Fsp3) is 0.121. The molecule has 3 aliphatic rings. The van der Waals surface area contributed by atoms with Crippen LogP contribution in [0.15, 0.2) is 109 Å². The quantitative estimate of drug-likeness (QED) is 0.210. The smallest absolute Gasteiger partial charge is 0.319 e. The van der Waals surface area contributed by atoms with Crippen molar-refractivity contribution in [3.8, 4) is 0 Å². The summed E-state index contributed by atoms with van der Waals surface area (Å²) in [5.41, 5.74) is 1.21. The second-order valence-corrected chi connectivity index (χ2v) is 11.0. The van der Waals surface area contributed by atoms with E-state index in [-0.39, 0.29) is 5.78 Å². The third kappa shape index (κ3) is 2.99. The molecule has 0 aromatic heterocycles. The Morgan fingerprint density at radius 2 is 0.872 bits per heavy atom. The Hall–Kier alpha value is -3.99. The molecule has 2 bridgehead atoms. The lowest BCUT2D eigenvalue weighted by Crippen LogP contribution is -2.41. The van der Waals surface area contributed by atoms with Crippen molar-refractivity contribution in [1.29, 1.82) is 0 Å². The van der Waals surface area contributed by atoms with E-state index in [1.165, 1.54) is 0 Å². The van der Waals surface area contributed by atoms with Crippen LogP contribution in [0.25, 0.3) is 11.1 Å². The van der Waals surface area contributed by atoms with Gasteiger partial charge in [0.1, 0.15) is 0 Å². The summed E-state index contributed by atoms with van der Waals surface area (Å²) in [6.07, 6.45) is 0. The molecule has 6 heteroatoms. The van der Waals surface area contributed by atoms with Gasteiger partial charge in [0.05, 0.1) is 22.7 Å². The summed E-state index contributed by atoms with van der Waals surface area (Å²) in [7, 11) is 0. The summed E-state index contributed by atoms with van der Waals surface area (Å²) in [5, 5.41) is 0.996. The minimum absolute atomic E-state index is 0.225. The summed E-state index contributed by atoms with van der Waals surface area (Å²) >= 11 is 12.6. The molecule has 2 aliphatic carbocycles. The maximum Gasteiger partial charge on any atom is 0.319 e. The van der Waals surface area contributed by atoms with Gasteiger partial charge in [0.25, 0.3) is 0 Å². The van der Waals surface area contributed by atoms with Crippen LogP contribution < -0.4 is 0 Å². The van der Waals surface area contributed by atoms with E-state index < -0.39 is 34.6 Å². The summed E-state index contributed by atoms with van der Waals surface area (Å²) in [6.45, 7) is 0. The van der Waals surface area contributed by atoms with E-state index in [4.69, 9.17) is 27.9 Å². The minimum atomic E-state index is -1.48. The van der Waals surface area contributed by atoms with Gasteiger partial charge in [-0.15, -0.1) is 0 Å². The number of carbonyl (C=O) groups excluding carboxylic acids is 3. The Labute approximate surface area is 234 Å². The summed E-state index contributed by atoms with van der Waals surface area (Å²) in [5.74, 6) is -3.69. The summed E-state index contributed by atoms with van der Waals surface area (Å²) < 4.78 is 5.36. The molecular weight excluding hydrogens is 531 g/mol. The van der Waals surface area contributed by atoms with Crippen LogP contribution in [0.4, 0.5) is 0 Å². The molecule has 4 aromatic rings. The Bertz CT molecular complexity index is 1570. The first kappa shape index (κ1) is 24.1. The van der Waals surface area contributed by atoms with Crippen molar-refractivity contribution in [3.05, 3.63) is 141 Å². The highest BCUT2D eigenvalue weighted by Gasteiger charge is 2.82. The number of ether oxygens (including phenoxy) is 1. The number of ketones is 1. The standard InChI is InChI=1S/C33H20Cl2O4/c34-23-15-11-21(12-16-23)32-25(19-7-3-1-4-8-19)26(20-9-5-2-6-10-20)33(31(32)38,22-13-17-24(35)18-14-22)28-27(32)29(36)39-30(28)37/h1-18,27-28H/t27-,28-,32+,33+/m1/s1. The zero-order chi connectivity index (χ0) is 26.9. The largest absolute Gasteiger partial charge is 0.393 e. The highest BCUT2D eigenvalue weighted by Crippen LogP contribution is 2.74. The van der Waals surface area contributed by atoms with E-state index in [2.05, 4.69) is 0 Å². The molecule has 0 unspecified atom stereocenters. The number of halogens is 2. The van der Waals surface area contributed by atoms with Gasteiger partial charge >= 0.3 is 11.9 Å². The molecule has 4 aromatic carbocycles. The second kappa shape index (κ2) is 8.51. The highest BCUT2D eigenvalue weighted by molar-refractivity contribution is 6.35. The first-order valence-electron chi connectivity index (χ1n) is 12.6. The van der Waals surface area contributed by atoms with Gasteiger partial charge in [0.15, 0.2) is 5.78 Å². The zero-order valence-corrected chi connectivity index (χ0v) is 21.9. The number of fused-ring (bicyclic) bond motifs is 5. The van der Waals surface area contributed by atoms with Crippen LogP contribution in [0.5, 0.6) is 0 Å². The lowest BCUT2D eigenvalue weighted by molar-refractivity contribution is -0.156. The molecular formula is C33H20Cl2O4. The van der Waals surface area contributed by atoms with Crippen LogP contribution in [-0.2, 0) is 30.0 Å². The highest BCUT2D eigenvalue weighted by atomic mass is 35.5. The summed E-state index contributed by atoms with van der Waals surface area (Å²) in [4.78, 5) is 42.6. The normalized spacial score (nSPS) is 27.2. The van der Waals surface area contributed by atoms with E-state index in [9.17, 15) is 9.59 Å². The molecule has 4 atom stereocenters. The van der Waals surface area contributed by atoms with E-state index in [1.54, 1.807) is 48.5 Å². The maximum atomic E-state index is 15.4. The van der Waals surface area contributed by atoms with Crippen LogP contribution in [-0.4, -0.2) is 17.7 Å². The molecule has 2 fully saturated rings. The number of Topliss-reactive ketones (excluding diaryl/α,β-unsaturated/α-hetero) is 1. The molecule has 1 heterocycles. The predicted molar refractivity (Wildman–Crippen MR) is 149 cm³/mol. The molecule has 7 rings (SSSR count). The molecule has 4 nitrogen and oxygen atoms in total. The van der Waals surface area contributed by atoms with E-state index >= 15 is 4.79 Å². The lowest BCUT2D eigenvalue weighted by atomic mass is 9.59. The third-order valence-corrected chi connectivity index (χ3v) is 8.96. The zero-order valence-electron chi connectivity index (χ0n) is 20.4.